The lowest BCUT2D eigenvalue weighted by Gasteiger charge is -2.18. The summed E-state index contributed by atoms with van der Waals surface area (Å²) in [4.78, 5) is 29.7. The van der Waals surface area contributed by atoms with E-state index < -0.39 is 11.5 Å². The van der Waals surface area contributed by atoms with Gasteiger partial charge in [0.15, 0.2) is 4.77 Å². The zero-order chi connectivity index (χ0) is 24.2. The van der Waals surface area contributed by atoms with Gasteiger partial charge in [-0.2, -0.15) is 5.10 Å². The van der Waals surface area contributed by atoms with Crippen molar-refractivity contribution in [2.45, 2.75) is 13.8 Å². The van der Waals surface area contributed by atoms with Gasteiger partial charge in [0.1, 0.15) is 5.56 Å². The first-order valence-electron chi connectivity index (χ1n) is 10.4. The Morgan fingerprint density at radius 2 is 1.53 bits per heavy atom. The smallest absolute Gasteiger partial charge is 0.271 e. The molecule has 34 heavy (non-hydrogen) atoms. The second-order valence-electron chi connectivity index (χ2n) is 7.50. The number of benzene rings is 2. The van der Waals surface area contributed by atoms with Gasteiger partial charge in [-0.1, -0.05) is 36.4 Å². The van der Waals surface area contributed by atoms with Gasteiger partial charge in [-0.05, 0) is 61.5 Å². The SMILES string of the molecule is Cc1ccccc1-n1c(O)c(/C=N/NC(=O)c2ccncc2)c(=O)n(-c2ccccc2C)c1=S. The van der Waals surface area contributed by atoms with Gasteiger partial charge in [0.25, 0.3) is 11.5 Å². The number of rotatable bonds is 5. The van der Waals surface area contributed by atoms with E-state index in [0.717, 1.165) is 17.3 Å². The minimum absolute atomic E-state index is 0.101. The number of hydrazone groups is 1. The number of amides is 1. The number of aromatic nitrogens is 3. The lowest BCUT2D eigenvalue weighted by Crippen LogP contribution is -2.28. The average Bonchev–Trinajstić information content (AvgIpc) is 2.84. The Balaban J connectivity index is 1.90. The summed E-state index contributed by atoms with van der Waals surface area (Å²) in [6.45, 7) is 3.74. The molecule has 0 aliphatic heterocycles. The van der Waals surface area contributed by atoms with E-state index in [1.807, 2.05) is 44.2 Å². The van der Waals surface area contributed by atoms with Crippen LogP contribution in [0.1, 0.15) is 27.0 Å². The molecule has 0 aliphatic carbocycles. The van der Waals surface area contributed by atoms with E-state index in [9.17, 15) is 14.7 Å². The van der Waals surface area contributed by atoms with Crippen molar-refractivity contribution in [1.29, 1.82) is 0 Å². The van der Waals surface area contributed by atoms with E-state index in [-0.39, 0.29) is 16.2 Å². The normalized spacial score (nSPS) is 11.0. The lowest BCUT2D eigenvalue weighted by molar-refractivity contribution is 0.0955. The highest BCUT2D eigenvalue weighted by atomic mass is 32.1. The molecule has 0 radical (unpaired) electrons. The van der Waals surface area contributed by atoms with Gasteiger partial charge in [0.2, 0.25) is 5.88 Å². The zero-order valence-corrected chi connectivity index (χ0v) is 19.3. The molecule has 0 aliphatic rings. The molecule has 2 aromatic carbocycles. The summed E-state index contributed by atoms with van der Waals surface area (Å²) in [5.41, 5.74) is 4.89. The van der Waals surface area contributed by atoms with Gasteiger partial charge in [-0.3, -0.25) is 23.7 Å². The average molecular weight is 472 g/mol. The van der Waals surface area contributed by atoms with Crippen LogP contribution in [0.5, 0.6) is 5.88 Å². The van der Waals surface area contributed by atoms with Gasteiger partial charge in [-0.15, -0.1) is 0 Å². The molecule has 2 heterocycles. The second-order valence-corrected chi connectivity index (χ2v) is 7.87. The first-order valence-corrected chi connectivity index (χ1v) is 10.8. The molecule has 4 rings (SSSR count). The molecule has 4 aromatic rings. The van der Waals surface area contributed by atoms with Crippen LogP contribution >= 0.6 is 12.2 Å². The minimum Gasteiger partial charge on any atom is -0.494 e. The van der Waals surface area contributed by atoms with Crippen LogP contribution in [0.15, 0.2) is 83.0 Å². The zero-order valence-electron chi connectivity index (χ0n) is 18.5. The van der Waals surface area contributed by atoms with Crippen LogP contribution in [0, 0.1) is 18.6 Å². The fourth-order valence-corrected chi connectivity index (χ4v) is 3.87. The van der Waals surface area contributed by atoms with Crippen molar-refractivity contribution in [3.8, 4) is 17.3 Å². The van der Waals surface area contributed by atoms with Crippen molar-refractivity contribution < 1.29 is 9.90 Å². The summed E-state index contributed by atoms with van der Waals surface area (Å²) >= 11 is 5.67. The Labute approximate surface area is 200 Å². The number of nitrogens with zero attached hydrogens (tertiary/aromatic N) is 4. The molecule has 9 heteroatoms. The predicted octanol–water partition coefficient (Wildman–Crippen LogP) is 3.84. The topological polar surface area (TPSA) is 102 Å². The highest BCUT2D eigenvalue weighted by Crippen LogP contribution is 2.24. The highest BCUT2D eigenvalue weighted by Gasteiger charge is 2.19. The van der Waals surface area contributed by atoms with Crippen molar-refractivity contribution in [3.63, 3.8) is 0 Å². The summed E-state index contributed by atoms with van der Waals surface area (Å²) < 4.78 is 2.87. The van der Waals surface area contributed by atoms with Crippen molar-refractivity contribution in [2.24, 2.45) is 5.10 Å². The number of aryl methyl sites for hydroxylation is 2. The fourth-order valence-electron chi connectivity index (χ4n) is 3.51. The lowest BCUT2D eigenvalue weighted by atomic mass is 10.2. The van der Waals surface area contributed by atoms with Gasteiger partial charge in [0, 0.05) is 18.0 Å². The number of nitrogens with one attached hydrogen (secondary N) is 1. The van der Waals surface area contributed by atoms with Crippen molar-refractivity contribution >= 4 is 24.3 Å². The Hall–Kier alpha value is -4.37. The van der Waals surface area contributed by atoms with E-state index in [4.69, 9.17) is 12.2 Å². The molecule has 8 nitrogen and oxygen atoms in total. The Morgan fingerprint density at radius 3 is 2.12 bits per heavy atom. The highest BCUT2D eigenvalue weighted by molar-refractivity contribution is 7.71. The third-order valence-corrected chi connectivity index (χ3v) is 5.65. The van der Waals surface area contributed by atoms with E-state index in [2.05, 4.69) is 15.5 Å². The van der Waals surface area contributed by atoms with Gasteiger partial charge in [-0.25, -0.2) is 5.43 Å². The van der Waals surface area contributed by atoms with E-state index in [0.29, 0.717) is 16.9 Å². The van der Waals surface area contributed by atoms with Crippen LogP contribution in [-0.2, 0) is 0 Å². The number of hydrogen-bond acceptors (Lipinski definition) is 6. The van der Waals surface area contributed by atoms with Crippen LogP contribution < -0.4 is 11.0 Å². The molecule has 0 unspecified atom stereocenters. The van der Waals surface area contributed by atoms with Crippen LogP contribution in [0.25, 0.3) is 11.4 Å². The summed E-state index contributed by atoms with van der Waals surface area (Å²) in [6.07, 6.45) is 4.09. The molecule has 2 aromatic heterocycles. The molecule has 0 saturated heterocycles. The maximum atomic E-state index is 13.5. The van der Waals surface area contributed by atoms with Gasteiger partial charge in [0.05, 0.1) is 17.6 Å². The molecule has 0 fully saturated rings. The van der Waals surface area contributed by atoms with Gasteiger partial charge >= 0.3 is 0 Å². The minimum atomic E-state index is -0.566. The van der Waals surface area contributed by atoms with Crippen LogP contribution in [0.4, 0.5) is 0 Å². The number of hydrogen-bond donors (Lipinski definition) is 2. The summed E-state index contributed by atoms with van der Waals surface area (Å²) in [6, 6.07) is 17.7. The van der Waals surface area contributed by atoms with E-state index in [1.54, 1.807) is 18.2 Å². The number of carbonyl (C=O) groups is 1. The molecule has 0 atom stereocenters. The third-order valence-electron chi connectivity index (χ3n) is 5.28. The van der Waals surface area contributed by atoms with Crippen LogP contribution in [-0.4, -0.2) is 31.3 Å². The molecule has 1 amide bonds. The van der Waals surface area contributed by atoms with Gasteiger partial charge < -0.3 is 5.11 Å². The standard InChI is InChI=1S/C25H21N5O3S/c1-16-7-3-5-9-20(16)29-23(32)19(15-27-28-22(31)18-11-13-26-14-12-18)24(33)30(25(29)34)21-10-6-4-8-17(21)2/h3-15,32H,1-2H3,(H,28,31)/b27-15+. The van der Waals surface area contributed by atoms with Crippen LogP contribution in [0.3, 0.4) is 0 Å². The van der Waals surface area contributed by atoms with Crippen molar-refractivity contribution in [1.82, 2.24) is 19.5 Å². The molecule has 170 valence electrons. The molecular formula is C25H21N5O3S. The molecule has 0 saturated carbocycles. The largest absolute Gasteiger partial charge is 0.494 e. The summed E-state index contributed by atoms with van der Waals surface area (Å²) in [5.74, 6) is -0.861. The quantitative estimate of drug-likeness (QED) is 0.262. The number of carbonyl (C=O) groups excluding carboxylic acids is 1. The summed E-state index contributed by atoms with van der Waals surface area (Å²) in [5, 5.41) is 15.0. The molecule has 0 spiro atoms. The van der Waals surface area contributed by atoms with Crippen molar-refractivity contribution in [2.75, 3.05) is 0 Å². The maximum Gasteiger partial charge on any atom is 0.271 e. The monoisotopic (exact) mass is 471 g/mol. The maximum absolute atomic E-state index is 13.5. The Bertz CT molecular complexity index is 1520. The number of pyridine rings is 1. The van der Waals surface area contributed by atoms with E-state index in [1.165, 1.54) is 33.7 Å². The second kappa shape index (κ2) is 9.63. The van der Waals surface area contributed by atoms with E-state index >= 15 is 0 Å². The third kappa shape index (κ3) is 4.28. The first kappa shape index (κ1) is 22.8. The number of aromatic hydroxyl groups is 1. The number of para-hydroxylation sites is 2. The summed E-state index contributed by atoms with van der Waals surface area (Å²) in [7, 11) is 0. The fraction of sp³-hybridized carbons (Fsp3) is 0.0800. The Kier molecular flexibility index (Phi) is 6.46. The molecule has 0 bridgehead atoms. The first-order chi connectivity index (χ1) is 16.4. The van der Waals surface area contributed by atoms with Crippen LogP contribution in [0.2, 0.25) is 0 Å². The Morgan fingerprint density at radius 1 is 0.971 bits per heavy atom. The molecular weight excluding hydrogens is 450 g/mol. The van der Waals surface area contributed by atoms with Crippen molar-refractivity contribution in [3.05, 3.63) is 110 Å². The predicted molar refractivity (Wildman–Crippen MR) is 133 cm³/mol. The molecule has 2 N–H and O–H groups in total.